The maximum atomic E-state index is 4.73. The van der Waals surface area contributed by atoms with Gasteiger partial charge in [-0.05, 0) is 31.5 Å². The fourth-order valence-corrected chi connectivity index (χ4v) is 3.16. The Morgan fingerprint density at radius 2 is 2.06 bits per heavy atom. The molecule has 0 aliphatic carbocycles. The zero-order valence-corrected chi connectivity index (χ0v) is 11.9. The van der Waals surface area contributed by atoms with Crippen molar-refractivity contribution in [2.75, 3.05) is 7.05 Å². The summed E-state index contributed by atoms with van der Waals surface area (Å²) in [5, 5.41) is 3.82. The largest absolute Gasteiger partial charge is 0.343 e. The Bertz CT molecular complexity index is 464. The van der Waals surface area contributed by atoms with Crippen LogP contribution in [0.5, 0.6) is 0 Å². The standard InChI is InChI=1S/C13H19N3OS/c1-10(2)6-11-4-5-12(18-11)7-16(3)8-13-14-9-17-15-13/h4-5,9-10H,6-8H2,1-3H3. The van der Waals surface area contributed by atoms with Crippen LogP contribution in [0.3, 0.4) is 0 Å². The van der Waals surface area contributed by atoms with Crippen LogP contribution in [0.25, 0.3) is 0 Å². The van der Waals surface area contributed by atoms with E-state index in [0.29, 0.717) is 12.5 Å². The van der Waals surface area contributed by atoms with Gasteiger partial charge in [-0.15, -0.1) is 11.3 Å². The minimum absolute atomic E-state index is 0.716. The Kier molecular flexibility index (Phi) is 4.49. The normalized spacial score (nSPS) is 11.6. The molecule has 2 rings (SSSR count). The summed E-state index contributed by atoms with van der Waals surface area (Å²) in [5.41, 5.74) is 0. The van der Waals surface area contributed by atoms with Gasteiger partial charge in [-0.1, -0.05) is 19.0 Å². The first-order valence-corrected chi connectivity index (χ1v) is 6.96. The summed E-state index contributed by atoms with van der Waals surface area (Å²) < 4.78 is 4.73. The van der Waals surface area contributed by atoms with Crippen LogP contribution in [0, 0.1) is 5.92 Å². The molecule has 0 radical (unpaired) electrons. The Balaban J connectivity index is 1.87. The summed E-state index contributed by atoms with van der Waals surface area (Å²) in [4.78, 5) is 9.07. The first-order chi connectivity index (χ1) is 8.63. The average Bonchev–Trinajstić information content (AvgIpc) is 2.89. The maximum Gasteiger partial charge on any atom is 0.213 e. The van der Waals surface area contributed by atoms with E-state index in [1.165, 1.54) is 22.6 Å². The highest BCUT2D eigenvalue weighted by molar-refractivity contribution is 7.11. The minimum atomic E-state index is 0.716. The molecule has 0 amide bonds. The molecule has 4 nitrogen and oxygen atoms in total. The summed E-state index contributed by atoms with van der Waals surface area (Å²) in [6.45, 7) is 6.15. The zero-order valence-electron chi connectivity index (χ0n) is 11.1. The molecular weight excluding hydrogens is 246 g/mol. The number of nitrogens with zero attached hydrogens (tertiary/aromatic N) is 3. The van der Waals surface area contributed by atoms with Gasteiger partial charge in [0, 0.05) is 16.3 Å². The highest BCUT2D eigenvalue weighted by Gasteiger charge is 2.08. The number of rotatable bonds is 6. The molecule has 2 aromatic rings. The second kappa shape index (κ2) is 6.11. The van der Waals surface area contributed by atoms with Gasteiger partial charge in [0.2, 0.25) is 6.39 Å². The average molecular weight is 265 g/mol. The van der Waals surface area contributed by atoms with Crippen LogP contribution in [0.1, 0.15) is 29.4 Å². The van der Waals surface area contributed by atoms with Crippen LogP contribution >= 0.6 is 11.3 Å². The molecule has 0 bridgehead atoms. The summed E-state index contributed by atoms with van der Waals surface area (Å²) in [7, 11) is 2.07. The summed E-state index contributed by atoms with van der Waals surface area (Å²) in [6.07, 6.45) is 2.54. The monoisotopic (exact) mass is 265 g/mol. The Hall–Kier alpha value is -1.20. The van der Waals surface area contributed by atoms with Crippen LogP contribution in [0.2, 0.25) is 0 Å². The van der Waals surface area contributed by atoms with Gasteiger partial charge < -0.3 is 4.52 Å². The van der Waals surface area contributed by atoms with Gasteiger partial charge in [-0.3, -0.25) is 4.90 Å². The lowest BCUT2D eigenvalue weighted by Gasteiger charge is -2.12. The van der Waals surface area contributed by atoms with Crippen molar-refractivity contribution in [2.24, 2.45) is 5.92 Å². The van der Waals surface area contributed by atoms with Gasteiger partial charge in [0.05, 0.1) is 6.54 Å². The molecule has 18 heavy (non-hydrogen) atoms. The summed E-state index contributed by atoms with van der Waals surface area (Å²) >= 11 is 1.90. The van der Waals surface area contributed by atoms with E-state index < -0.39 is 0 Å². The van der Waals surface area contributed by atoms with Crippen LogP contribution in [-0.4, -0.2) is 22.1 Å². The van der Waals surface area contributed by atoms with E-state index in [4.69, 9.17) is 4.52 Å². The SMILES string of the molecule is CC(C)Cc1ccc(CN(C)Cc2ncon2)s1. The smallest absolute Gasteiger partial charge is 0.213 e. The van der Waals surface area contributed by atoms with E-state index in [0.717, 1.165) is 12.4 Å². The number of thiophene rings is 1. The second-order valence-corrected chi connectivity index (χ2v) is 6.24. The Morgan fingerprint density at radius 1 is 1.28 bits per heavy atom. The van der Waals surface area contributed by atoms with Gasteiger partial charge in [-0.2, -0.15) is 4.98 Å². The predicted octanol–water partition coefficient (Wildman–Crippen LogP) is 2.96. The van der Waals surface area contributed by atoms with Gasteiger partial charge >= 0.3 is 0 Å². The molecule has 98 valence electrons. The van der Waals surface area contributed by atoms with Crippen molar-refractivity contribution in [3.05, 3.63) is 34.1 Å². The highest BCUT2D eigenvalue weighted by Crippen LogP contribution is 2.21. The highest BCUT2D eigenvalue weighted by atomic mass is 32.1. The van der Waals surface area contributed by atoms with E-state index in [9.17, 15) is 0 Å². The molecule has 0 aliphatic heterocycles. The van der Waals surface area contributed by atoms with Gasteiger partial charge in [0.25, 0.3) is 0 Å². The van der Waals surface area contributed by atoms with Gasteiger partial charge in [-0.25, -0.2) is 0 Å². The van der Waals surface area contributed by atoms with E-state index in [-0.39, 0.29) is 0 Å². The lowest BCUT2D eigenvalue weighted by molar-refractivity contribution is 0.304. The van der Waals surface area contributed by atoms with Gasteiger partial charge in [0.15, 0.2) is 5.82 Å². The lowest BCUT2D eigenvalue weighted by Crippen LogP contribution is -2.17. The molecular formula is C13H19N3OS. The third kappa shape index (κ3) is 3.92. The molecule has 0 spiro atoms. The van der Waals surface area contributed by atoms with Crippen LogP contribution in [0.4, 0.5) is 0 Å². The van der Waals surface area contributed by atoms with Crippen molar-refractivity contribution in [3.8, 4) is 0 Å². The third-order valence-corrected chi connectivity index (χ3v) is 3.66. The quantitative estimate of drug-likeness (QED) is 0.805. The molecule has 0 N–H and O–H groups in total. The van der Waals surface area contributed by atoms with Crippen molar-refractivity contribution >= 4 is 11.3 Å². The topological polar surface area (TPSA) is 42.2 Å². The lowest BCUT2D eigenvalue weighted by atomic mass is 10.1. The van der Waals surface area contributed by atoms with E-state index in [2.05, 4.69) is 48.1 Å². The third-order valence-electron chi connectivity index (χ3n) is 2.57. The summed E-state index contributed by atoms with van der Waals surface area (Å²) in [5.74, 6) is 1.45. The molecule has 0 aromatic carbocycles. The van der Waals surface area contributed by atoms with Crippen molar-refractivity contribution in [2.45, 2.75) is 33.4 Å². The van der Waals surface area contributed by atoms with E-state index >= 15 is 0 Å². The molecule has 0 fully saturated rings. The van der Waals surface area contributed by atoms with Gasteiger partial charge in [0.1, 0.15) is 0 Å². The van der Waals surface area contributed by atoms with Crippen molar-refractivity contribution in [1.82, 2.24) is 15.0 Å². The molecule has 0 aliphatic rings. The number of aromatic nitrogens is 2. The first-order valence-electron chi connectivity index (χ1n) is 6.15. The van der Waals surface area contributed by atoms with Crippen LogP contribution in [0.15, 0.2) is 23.0 Å². The molecule has 2 aromatic heterocycles. The molecule has 0 saturated carbocycles. The molecule has 0 unspecified atom stereocenters. The Morgan fingerprint density at radius 3 is 2.72 bits per heavy atom. The molecule has 0 atom stereocenters. The van der Waals surface area contributed by atoms with Crippen molar-refractivity contribution in [1.29, 1.82) is 0 Å². The number of hydrogen-bond acceptors (Lipinski definition) is 5. The molecule has 2 heterocycles. The number of hydrogen-bond donors (Lipinski definition) is 0. The molecule has 0 saturated heterocycles. The summed E-state index contributed by atoms with van der Waals surface area (Å²) in [6, 6.07) is 4.46. The maximum absolute atomic E-state index is 4.73. The van der Waals surface area contributed by atoms with Crippen LogP contribution < -0.4 is 0 Å². The van der Waals surface area contributed by atoms with E-state index in [1.807, 2.05) is 11.3 Å². The predicted molar refractivity (Wildman–Crippen MR) is 72.3 cm³/mol. The Labute approximate surface area is 112 Å². The van der Waals surface area contributed by atoms with E-state index in [1.54, 1.807) is 0 Å². The molecule has 5 heteroatoms. The van der Waals surface area contributed by atoms with Crippen molar-refractivity contribution in [3.63, 3.8) is 0 Å². The fraction of sp³-hybridized carbons (Fsp3) is 0.538. The van der Waals surface area contributed by atoms with Crippen molar-refractivity contribution < 1.29 is 4.52 Å². The fourth-order valence-electron chi connectivity index (χ4n) is 1.84. The zero-order chi connectivity index (χ0) is 13.0. The first kappa shape index (κ1) is 13.2. The minimum Gasteiger partial charge on any atom is -0.343 e. The van der Waals surface area contributed by atoms with Crippen LogP contribution in [-0.2, 0) is 19.5 Å². The second-order valence-electron chi connectivity index (χ2n) is 4.99.